The van der Waals surface area contributed by atoms with Gasteiger partial charge in [-0.25, -0.2) is 0 Å². The number of halogens is 1. The molecule has 2 N–H and O–H groups in total. The molecule has 0 unspecified atom stereocenters. The normalized spacial score (nSPS) is 11.3. The van der Waals surface area contributed by atoms with Gasteiger partial charge in [0.2, 0.25) is 0 Å². The average molecular weight is 302 g/mol. The standard InChI is InChI=1S/C9H8BrN3O2S/c10-7-1-3-8(4-2-7)13-16(14,15)9-5-6-11-12-9/h1-6,13H,(H,11,12). The summed E-state index contributed by atoms with van der Waals surface area (Å²) < 4.78 is 26.8. The summed E-state index contributed by atoms with van der Waals surface area (Å²) in [4.78, 5) is 0. The average Bonchev–Trinajstić information content (AvgIpc) is 2.75. The highest BCUT2D eigenvalue weighted by Gasteiger charge is 2.14. The van der Waals surface area contributed by atoms with Crippen LogP contribution in [0.3, 0.4) is 0 Å². The Morgan fingerprint density at radius 2 is 1.88 bits per heavy atom. The van der Waals surface area contributed by atoms with Crippen molar-refractivity contribution >= 4 is 31.6 Å². The van der Waals surface area contributed by atoms with Crippen molar-refractivity contribution in [3.63, 3.8) is 0 Å². The zero-order chi connectivity index (χ0) is 11.6. The van der Waals surface area contributed by atoms with Crippen molar-refractivity contribution in [3.05, 3.63) is 41.0 Å². The van der Waals surface area contributed by atoms with Crippen LogP contribution in [-0.2, 0) is 10.0 Å². The Balaban J connectivity index is 2.25. The van der Waals surface area contributed by atoms with Gasteiger partial charge in [-0.2, -0.15) is 13.5 Å². The molecule has 0 amide bonds. The van der Waals surface area contributed by atoms with E-state index >= 15 is 0 Å². The maximum Gasteiger partial charge on any atom is 0.278 e. The minimum Gasteiger partial charge on any atom is -0.278 e. The van der Waals surface area contributed by atoms with Crippen molar-refractivity contribution in [3.8, 4) is 0 Å². The van der Waals surface area contributed by atoms with E-state index in [4.69, 9.17) is 0 Å². The molecule has 0 saturated carbocycles. The lowest BCUT2D eigenvalue weighted by Gasteiger charge is -2.05. The van der Waals surface area contributed by atoms with Crippen LogP contribution in [0, 0.1) is 0 Å². The lowest BCUT2D eigenvalue weighted by molar-refractivity contribution is 0.597. The van der Waals surface area contributed by atoms with Crippen LogP contribution >= 0.6 is 15.9 Å². The fourth-order valence-corrected chi connectivity index (χ4v) is 2.35. The Morgan fingerprint density at radius 3 is 2.44 bits per heavy atom. The molecule has 0 atom stereocenters. The van der Waals surface area contributed by atoms with Gasteiger partial charge in [-0.3, -0.25) is 9.82 Å². The summed E-state index contributed by atoms with van der Waals surface area (Å²) in [6.45, 7) is 0. The number of nitrogens with zero attached hydrogens (tertiary/aromatic N) is 1. The Kier molecular flexibility index (Phi) is 2.97. The van der Waals surface area contributed by atoms with Crippen molar-refractivity contribution < 1.29 is 8.42 Å². The number of hydrogen-bond donors (Lipinski definition) is 2. The second-order valence-corrected chi connectivity index (χ2v) is 5.60. The van der Waals surface area contributed by atoms with Crippen molar-refractivity contribution in [1.82, 2.24) is 10.2 Å². The van der Waals surface area contributed by atoms with Crippen LogP contribution in [0.4, 0.5) is 5.69 Å². The summed E-state index contributed by atoms with van der Waals surface area (Å²) in [6.07, 6.45) is 1.39. The Labute approximate surface area is 101 Å². The molecule has 0 radical (unpaired) electrons. The maximum absolute atomic E-state index is 11.8. The largest absolute Gasteiger partial charge is 0.278 e. The zero-order valence-electron chi connectivity index (χ0n) is 8.01. The summed E-state index contributed by atoms with van der Waals surface area (Å²) >= 11 is 3.27. The molecule has 1 heterocycles. The van der Waals surface area contributed by atoms with Gasteiger partial charge < -0.3 is 0 Å². The first kappa shape index (κ1) is 11.2. The molecule has 2 aromatic rings. The van der Waals surface area contributed by atoms with E-state index in [9.17, 15) is 8.42 Å². The molecule has 0 aliphatic rings. The van der Waals surface area contributed by atoms with Gasteiger partial charge in [0.15, 0.2) is 5.03 Å². The van der Waals surface area contributed by atoms with Crippen LogP contribution in [0.25, 0.3) is 0 Å². The van der Waals surface area contributed by atoms with E-state index in [0.717, 1.165) is 4.47 Å². The van der Waals surface area contributed by atoms with Gasteiger partial charge in [0.25, 0.3) is 10.0 Å². The SMILES string of the molecule is O=S(=O)(Nc1ccc(Br)cc1)c1ccn[nH]1. The maximum atomic E-state index is 11.8. The number of rotatable bonds is 3. The van der Waals surface area contributed by atoms with E-state index < -0.39 is 10.0 Å². The highest BCUT2D eigenvalue weighted by atomic mass is 79.9. The van der Waals surface area contributed by atoms with Gasteiger partial charge in [-0.1, -0.05) is 15.9 Å². The number of benzene rings is 1. The number of H-pyrrole nitrogens is 1. The number of hydrogen-bond acceptors (Lipinski definition) is 3. The Morgan fingerprint density at radius 1 is 1.19 bits per heavy atom. The zero-order valence-corrected chi connectivity index (χ0v) is 10.4. The van der Waals surface area contributed by atoms with Crippen LogP contribution in [-0.4, -0.2) is 18.6 Å². The predicted molar refractivity (Wildman–Crippen MR) is 63.5 cm³/mol. The van der Waals surface area contributed by atoms with Gasteiger partial charge in [0.1, 0.15) is 0 Å². The number of aromatic amines is 1. The van der Waals surface area contributed by atoms with Crippen molar-refractivity contribution in [2.75, 3.05) is 4.72 Å². The molecular weight excluding hydrogens is 294 g/mol. The molecule has 7 heteroatoms. The summed E-state index contributed by atoms with van der Waals surface area (Å²) in [7, 11) is -3.57. The fraction of sp³-hybridized carbons (Fsp3) is 0. The number of aromatic nitrogens is 2. The summed E-state index contributed by atoms with van der Waals surface area (Å²) in [5.41, 5.74) is 0.498. The highest BCUT2D eigenvalue weighted by molar-refractivity contribution is 9.10. The molecule has 0 fully saturated rings. The van der Waals surface area contributed by atoms with Crippen LogP contribution in [0.5, 0.6) is 0 Å². The van der Waals surface area contributed by atoms with E-state index in [2.05, 4.69) is 30.8 Å². The van der Waals surface area contributed by atoms with Crippen LogP contribution in [0.15, 0.2) is 46.0 Å². The van der Waals surface area contributed by atoms with Crippen molar-refractivity contribution in [2.24, 2.45) is 0 Å². The first-order valence-electron chi connectivity index (χ1n) is 4.36. The topological polar surface area (TPSA) is 74.8 Å². The molecule has 1 aromatic carbocycles. The van der Waals surface area contributed by atoms with Gasteiger partial charge in [-0.15, -0.1) is 0 Å². The first-order chi connectivity index (χ1) is 7.58. The van der Waals surface area contributed by atoms with Crippen molar-refractivity contribution in [1.29, 1.82) is 0 Å². The third-order valence-corrected chi connectivity index (χ3v) is 3.70. The fourth-order valence-electron chi connectivity index (χ4n) is 1.12. The first-order valence-corrected chi connectivity index (χ1v) is 6.63. The molecule has 0 aliphatic heterocycles. The number of nitrogens with one attached hydrogen (secondary N) is 2. The molecule has 0 saturated heterocycles. The molecule has 2 rings (SSSR count). The minimum absolute atomic E-state index is 0.0374. The van der Waals surface area contributed by atoms with Crippen LogP contribution in [0.1, 0.15) is 0 Å². The lowest BCUT2D eigenvalue weighted by atomic mass is 10.3. The summed E-state index contributed by atoms with van der Waals surface area (Å²) in [5, 5.41) is 6.03. The predicted octanol–water partition coefficient (Wildman–Crippen LogP) is 1.97. The van der Waals surface area contributed by atoms with Crippen LogP contribution in [0.2, 0.25) is 0 Å². The van der Waals surface area contributed by atoms with Gasteiger partial charge in [0, 0.05) is 10.2 Å². The Bertz CT molecular complexity index is 563. The van der Waals surface area contributed by atoms with Gasteiger partial charge in [-0.05, 0) is 30.3 Å². The van der Waals surface area contributed by atoms with E-state index in [1.165, 1.54) is 12.3 Å². The number of sulfonamides is 1. The number of anilines is 1. The van der Waals surface area contributed by atoms with Gasteiger partial charge in [0.05, 0.1) is 6.20 Å². The lowest BCUT2D eigenvalue weighted by Crippen LogP contribution is -2.13. The molecule has 0 aliphatic carbocycles. The minimum atomic E-state index is -3.57. The molecule has 84 valence electrons. The quantitative estimate of drug-likeness (QED) is 0.910. The van der Waals surface area contributed by atoms with E-state index in [1.54, 1.807) is 24.3 Å². The molecule has 0 spiro atoms. The third-order valence-electron chi connectivity index (χ3n) is 1.86. The second-order valence-electron chi connectivity index (χ2n) is 3.03. The van der Waals surface area contributed by atoms with Crippen LogP contribution < -0.4 is 4.72 Å². The Hall–Kier alpha value is -1.34. The molecule has 0 bridgehead atoms. The highest BCUT2D eigenvalue weighted by Crippen LogP contribution is 2.17. The molecular formula is C9H8BrN3O2S. The monoisotopic (exact) mass is 301 g/mol. The van der Waals surface area contributed by atoms with E-state index in [0.29, 0.717) is 5.69 Å². The van der Waals surface area contributed by atoms with Crippen molar-refractivity contribution in [2.45, 2.75) is 5.03 Å². The smallest absolute Gasteiger partial charge is 0.278 e. The molecule has 1 aromatic heterocycles. The second kappa shape index (κ2) is 4.26. The van der Waals surface area contributed by atoms with E-state index in [1.807, 2.05) is 0 Å². The molecule has 5 nitrogen and oxygen atoms in total. The molecule has 16 heavy (non-hydrogen) atoms. The summed E-state index contributed by atoms with van der Waals surface area (Å²) in [5.74, 6) is 0. The third kappa shape index (κ3) is 2.42. The summed E-state index contributed by atoms with van der Waals surface area (Å²) in [6, 6.07) is 8.23. The van der Waals surface area contributed by atoms with Gasteiger partial charge >= 0.3 is 0 Å². The van der Waals surface area contributed by atoms with E-state index in [-0.39, 0.29) is 5.03 Å².